The highest BCUT2D eigenvalue weighted by Crippen LogP contribution is 2.40. The van der Waals surface area contributed by atoms with Gasteiger partial charge in [0.2, 0.25) is 5.91 Å². The molecule has 0 saturated carbocycles. The van der Waals surface area contributed by atoms with Gasteiger partial charge in [-0.15, -0.1) is 0 Å². The standard InChI is InChI=1S/C29H25F2N3O5/c1-3-38-26-15-28(36)34(2)17-22(26)21-14-20(10-12-24(21)39-25-11-9-19(30)13-23(25)31)33-27(35)16-32-29(37)18-7-5-4-6-8-18/h4-15,17H,3,16H2,1-2H3,(H,32,37)(H,33,35). The first-order valence-electron chi connectivity index (χ1n) is 12.0. The fourth-order valence-electron chi connectivity index (χ4n) is 3.73. The van der Waals surface area contributed by atoms with Gasteiger partial charge in [0.25, 0.3) is 11.5 Å². The van der Waals surface area contributed by atoms with Gasteiger partial charge >= 0.3 is 0 Å². The molecular formula is C29H25F2N3O5. The highest BCUT2D eigenvalue weighted by Gasteiger charge is 2.18. The van der Waals surface area contributed by atoms with E-state index in [-0.39, 0.29) is 36.0 Å². The van der Waals surface area contributed by atoms with Gasteiger partial charge in [-0.2, -0.15) is 0 Å². The normalized spacial score (nSPS) is 10.6. The van der Waals surface area contributed by atoms with E-state index in [4.69, 9.17) is 9.47 Å². The zero-order valence-corrected chi connectivity index (χ0v) is 21.2. The molecule has 0 unspecified atom stereocenters. The van der Waals surface area contributed by atoms with Crippen LogP contribution in [0, 0.1) is 11.6 Å². The van der Waals surface area contributed by atoms with E-state index in [0.717, 1.165) is 12.1 Å². The molecule has 3 aromatic carbocycles. The molecule has 0 radical (unpaired) electrons. The van der Waals surface area contributed by atoms with Crippen LogP contribution in [0.1, 0.15) is 17.3 Å². The summed E-state index contributed by atoms with van der Waals surface area (Å²) in [4.78, 5) is 37.1. The number of carbonyl (C=O) groups is 2. The van der Waals surface area contributed by atoms with E-state index in [1.165, 1.54) is 29.0 Å². The van der Waals surface area contributed by atoms with Crippen LogP contribution < -0.4 is 25.7 Å². The number of amides is 2. The van der Waals surface area contributed by atoms with Crippen LogP contribution in [0.4, 0.5) is 14.5 Å². The summed E-state index contributed by atoms with van der Waals surface area (Å²) in [5.41, 5.74) is 1.24. The van der Waals surface area contributed by atoms with Gasteiger partial charge in [-0.25, -0.2) is 8.78 Å². The highest BCUT2D eigenvalue weighted by atomic mass is 19.1. The Hall–Kier alpha value is -4.99. The molecular weight excluding hydrogens is 508 g/mol. The average molecular weight is 534 g/mol. The third-order valence-corrected chi connectivity index (χ3v) is 5.60. The van der Waals surface area contributed by atoms with Gasteiger partial charge < -0.3 is 24.7 Å². The van der Waals surface area contributed by atoms with Gasteiger partial charge in [-0.3, -0.25) is 14.4 Å². The number of anilines is 1. The lowest BCUT2D eigenvalue weighted by molar-refractivity contribution is -0.115. The minimum absolute atomic E-state index is 0.162. The third-order valence-electron chi connectivity index (χ3n) is 5.60. The van der Waals surface area contributed by atoms with Crippen LogP contribution in [-0.4, -0.2) is 29.5 Å². The number of ether oxygens (including phenoxy) is 2. The molecule has 200 valence electrons. The fourth-order valence-corrected chi connectivity index (χ4v) is 3.73. The van der Waals surface area contributed by atoms with E-state index >= 15 is 0 Å². The maximum absolute atomic E-state index is 14.4. The van der Waals surface area contributed by atoms with Crippen LogP contribution in [0.5, 0.6) is 17.2 Å². The van der Waals surface area contributed by atoms with Gasteiger partial charge in [0.15, 0.2) is 11.6 Å². The number of hydrogen-bond acceptors (Lipinski definition) is 5. The molecule has 10 heteroatoms. The van der Waals surface area contributed by atoms with Gasteiger partial charge in [0.05, 0.1) is 13.2 Å². The van der Waals surface area contributed by atoms with Crippen molar-refractivity contribution in [2.45, 2.75) is 6.92 Å². The molecule has 39 heavy (non-hydrogen) atoms. The molecule has 0 fully saturated rings. The van der Waals surface area contributed by atoms with E-state index in [0.29, 0.717) is 28.4 Å². The number of carbonyl (C=O) groups excluding carboxylic acids is 2. The molecule has 0 saturated heterocycles. The summed E-state index contributed by atoms with van der Waals surface area (Å²) >= 11 is 0. The molecule has 4 aromatic rings. The second-order valence-electron chi connectivity index (χ2n) is 8.42. The highest BCUT2D eigenvalue weighted by molar-refractivity contribution is 5.99. The molecule has 0 atom stereocenters. The van der Waals surface area contributed by atoms with Crippen molar-refractivity contribution < 1.29 is 27.8 Å². The number of aromatic nitrogens is 1. The molecule has 2 N–H and O–H groups in total. The first-order valence-corrected chi connectivity index (χ1v) is 12.0. The monoisotopic (exact) mass is 533 g/mol. The third kappa shape index (κ3) is 6.67. The van der Waals surface area contributed by atoms with Crippen molar-refractivity contribution in [3.05, 3.63) is 107 Å². The molecule has 0 aliphatic carbocycles. The predicted molar refractivity (Wildman–Crippen MR) is 142 cm³/mol. The fraction of sp³-hybridized carbons (Fsp3) is 0.138. The average Bonchev–Trinajstić information content (AvgIpc) is 2.92. The summed E-state index contributed by atoms with van der Waals surface area (Å²) in [7, 11) is 1.56. The van der Waals surface area contributed by atoms with Crippen molar-refractivity contribution in [3.63, 3.8) is 0 Å². The van der Waals surface area contributed by atoms with E-state index in [9.17, 15) is 23.2 Å². The van der Waals surface area contributed by atoms with Crippen molar-refractivity contribution in [1.29, 1.82) is 0 Å². The Bertz CT molecular complexity index is 1570. The SMILES string of the molecule is CCOc1cc(=O)n(C)cc1-c1cc(NC(=O)CNC(=O)c2ccccc2)ccc1Oc1ccc(F)cc1F. The van der Waals surface area contributed by atoms with E-state index in [1.54, 1.807) is 50.4 Å². The Balaban J connectivity index is 1.66. The summed E-state index contributed by atoms with van der Waals surface area (Å²) < 4.78 is 40.6. The zero-order valence-electron chi connectivity index (χ0n) is 21.2. The van der Waals surface area contributed by atoms with Crippen molar-refractivity contribution in [2.75, 3.05) is 18.5 Å². The maximum Gasteiger partial charge on any atom is 0.254 e. The van der Waals surface area contributed by atoms with Crippen molar-refractivity contribution in [3.8, 4) is 28.4 Å². The Morgan fingerprint density at radius 2 is 1.64 bits per heavy atom. The van der Waals surface area contributed by atoms with E-state index in [2.05, 4.69) is 10.6 Å². The largest absolute Gasteiger partial charge is 0.493 e. The molecule has 0 bridgehead atoms. The number of hydrogen-bond donors (Lipinski definition) is 2. The molecule has 2 amide bonds. The molecule has 4 rings (SSSR count). The number of nitrogens with zero attached hydrogens (tertiary/aromatic N) is 1. The molecule has 0 aliphatic heterocycles. The lowest BCUT2D eigenvalue weighted by Crippen LogP contribution is -2.32. The molecule has 0 spiro atoms. The molecule has 1 aromatic heterocycles. The van der Waals surface area contributed by atoms with Crippen LogP contribution in [0.3, 0.4) is 0 Å². The summed E-state index contributed by atoms with van der Waals surface area (Å²) in [5.74, 6) is -2.36. The van der Waals surface area contributed by atoms with Crippen molar-refractivity contribution in [1.82, 2.24) is 9.88 Å². The molecule has 8 nitrogen and oxygen atoms in total. The first kappa shape index (κ1) is 27.1. The second kappa shape index (κ2) is 12.0. The smallest absolute Gasteiger partial charge is 0.254 e. The summed E-state index contributed by atoms with van der Waals surface area (Å²) in [6, 6.07) is 17.3. The van der Waals surface area contributed by atoms with Crippen LogP contribution in [-0.2, 0) is 11.8 Å². The zero-order chi connectivity index (χ0) is 27.9. The summed E-state index contributed by atoms with van der Waals surface area (Å²) in [6.07, 6.45) is 1.53. The first-order chi connectivity index (χ1) is 18.7. The number of halogens is 2. The van der Waals surface area contributed by atoms with Crippen LogP contribution in [0.25, 0.3) is 11.1 Å². The summed E-state index contributed by atoms with van der Waals surface area (Å²) in [6.45, 7) is 1.74. The van der Waals surface area contributed by atoms with Gasteiger partial charge in [0.1, 0.15) is 17.3 Å². The minimum atomic E-state index is -0.905. The number of rotatable bonds is 9. The molecule has 0 aliphatic rings. The van der Waals surface area contributed by atoms with E-state index in [1.807, 2.05) is 0 Å². The van der Waals surface area contributed by atoms with Gasteiger partial charge in [-0.1, -0.05) is 18.2 Å². The maximum atomic E-state index is 14.4. The minimum Gasteiger partial charge on any atom is -0.493 e. The lowest BCUT2D eigenvalue weighted by Gasteiger charge is -2.17. The number of nitrogens with one attached hydrogen (secondary N) is 2. The van der Waals surface area contributed by atoms with Crippen LogP contribution in [0.15, 0.2) is 83.8 Å². The van der Waals surface area contributed by atoms with Crippen molar-refractivity contribution in [2.24, 2.45) is 7.05 Å². The van der Waals surface area contributed by atoms with Crippen molar-refractivity contribution >= 4 is 17.5 Å². The Labute approximate surface area is 222 Å². The topological polar surface area (TPSA) is 98.7 Å². The van der Waals surface area contributed by atoms with Crippen LogP contribution >= 0.6 is 0 Å². The predicted octanol–water partition coefficient (Wildman–Crippen LogP) is 4.89. The van der Waals surface area contributed by atoms with Crippen LogP contribution in [0.2, 0.25) is 0 Å². The Kier molecular flexibility index (Phi) is 8.35. The van der Waals surface area contributed by atoms with E-state index < -0.39 is 23.4 Å². The Morgan fingerprint density at radius 1 is 0.897 bits per heavy atom. The van der Waals surface area contributed by atoms with Gasteiger partial charge in [-0.05, 0) is 49.4 Å². The molecule has 1 heterocycles. The number of aryl methyl sites for hydroxylation is 1. The number of benzene rings is 3. The van der Waals surface area contributed by atoms with Gasteiger partial charge in [0, 0.05) is 47.8 Å². The Morgan fingerprint density at radius 3 is 2.36 bits per heavy atom. The lowest BCUT2D eigenvalue weighted by atomic mass is 10.0. The summed E-state index contributed by atoms with van der Waals surface area (Å²) in [5, 5.41) is 5.26. The second-order valence-corrected chi connectivity index (χ2v) is 8.42. The number of pyridine rings is 1. The quantitative estimate of drug-likeness (QED) is 0.319.